The van der Waals surface area contributed by atoms with Crippen molar-refractivity contribution in [3.8, 4) is 5.75 Å². The molecule has 0 bridgehead atoms. The molecule has 0 N–H and O–H groups in total. The summed E-state index contributed by atoms with van der Waals surface area (Å²) in [6, 6.07) is 11.5. The molecule has 0 spiro atoms. The second-order valence-corrected chi connectivity index (χ2v) is 5.53. The Kier molecular flexibility index (Phi) is 4.50. The van der Waals surface area contributed by atoms with Gasteiger partial charge in [-0.05, 0) is 61.6 Å². The lowest BCUT2D eigenvalue weighted by atomic mass is 9.98. The number of thioether (sulfide) groups is 1. The first-order chi connectivity index (χ1) is 9.58. The zero-order valence-corrected chi connectivity index (χ0v) is 13.0. The molecular weight excluding hydrogens is 268 g/mol. The SMILES string of the molecule is COc1c(C(=O)c2ccc(SC)cc2)ccc(C)c1C. The van der Waals surface area contributed by atoms with Crippen LogP contribution in [-0.2, 0) is 0 Å². The molecule has 0 saturated heterocycles. The number of methoxy groups -OCH3 is 1. The number of ether oxygens (including phenoxy) is 1. The van der Waals surface area contributed by atoms with Crippen LogP contribution in [0.3, 0.4) is 0 Å². The molecule has 0 unspecified atom stereocenters. The highest BCUT2D eigenvalue weighted by molar-refractivity contribution is 7.98. The molecule has 2 aromatic rings. The van der Waals surface area contributed by atoms with Crippen LogP contribution in [0.25, 0.3) is 0 Å². The van der Waals surface area contributed by atoms with Gasteiger partial charge in [0, 0.05) is 10.5 Å². The van der Waals surface area contributed by atoms with E-state index < -0.39 is 0 Å². The maximum atomic E-state index is 12.6. The molecule has 2 aromatic carbocycles. The van der Waals surface area contributed by atoms with E-state index in [-0.39, 0.29) is 5.78 Å². The predicted molar refractivity (Wildman–Crippen MR) is 84.1 cm³/mol. The fraction of sp³-hybridized carbons (Fsp3) is 0.235. The minimum Gasteiger partial charge on any atom is -0.496 e. The van der Waals surface area contributed by atoms with Crippen molar-refractivity contribution in [1.29, 1.82) is 0 Å². The third-order valence-corrected chi connectivity index (χ3v) is 4.22. The quantitative estimate of drug-likeness (QED) is 0.620. The van der Waals surface area contributed by atoms with Crippen molar-refractivity contribution >= 4 is 17.5 Å². The van der Waals surface area contributed by atoms with Crippen LogP contribution in [0.1, 0.15) is 27.0 Å². The van der Waals surface area contributed by atoms with Gasteiger partial charge in [0.1, 0.15) is 5.75 Å². The maximum absolute atomic E-state index is 12.6. The maximum Gasteiger partial charge on any atom is 0.196 e. The molecule has 0 aliphatic rings. The van der Waals surface area contributed by atoms with Crippen molar-refractivity contribution in [2.45, 2.75) is 18.7 Å². The van der Waals surface area contributed by atoms with Crippen molar-refractivity contribution < 1.29 is 9.53 Å². The van der Waals surface area contributed by atoms with Crippen molar-refractivity contribution in [2.75, 3.05) is 13.4 Å². The molecular formula is C17H18O2S. The monoisotopic (exact) mass is 286 g/mol. The molecule has 0 radical (unpaired) electrons. The van der Waals surface area contributed by atoms with E-state index in [1.165, 1.54) is 0 Å². The van der Waals surface area contributed by atoms with E-state index in [1.54, 1.807) is 18.9 Å². The third kappa shape index (κ3) is 2.73. The minimum absolute atomic E-state index is 0.00222. The highest BCUT2D eigenvalue weighted by Crippen LogP contribution is 2.28. The molecule has 3 heteroatoms. The standard InChI is InChI=1S/C17H18O2S/c1-11-5-10-15(17(19-3)12(11)2)16(18)13-6-8-14(20-4)9-7-13/h5-10H,1-4H3. The van der Waals surface area contributed by atoms with Crippen LogP contribution in [0.15, 0.2) is 41.3 Å². The Labute approximate surface area is 124 Å². The van der Waals surface area contributed by atoms with E-state index in [2.05, 4.69) is 0 Å². The average molecular weight is 286 g/mol. The molecule has 0 aliphatic carbocycles. The van der Waals surface area contributed by atoms with Crippen LogP contribution in [0.2, 0.25) is 0 Å². The number of ketones is 1. The summed E-state index contributed by atoms with van der Waals surface area (Å²) in [4.78, 5) is 13.7. The highest BCUT2D eigenvalue weighted by Gasteiger charge is 2.17. The Morgan fingerprint density at radius 1 is 1.05 bits per heavy atom. The van der Waals surface area contributed by atoms with E-state index >= 15 is 0 Å². The van der Waals surface area contributed by atoms with Crippen LogP contribution in [-0.4, -0.2) is 19.1 Å². The van der Waals surface area contributed by atoms with Gasteiger partial charge in [0.25, 0.3) is 0 Å². The molecule has 0 aliphatic heterocycles. The van der Waals surface area contributed by atoms with E-state index in [4.69, 9.17) is 4.74 Å². The Balaban J connectivity index is 2.45. The Hall–Kier alpha value is -1.74. The van der Waals surface area contributed by atoms with Gasteiger partial charge in [0.2, 0.25) is 0 Å². The van der Waals surface area contributed by atoms with Crippen molar-refractivity contribution in [1.82, 2.24) is 0 Å². The third-order valence-electron chi connectivity index (χ3n) is 3.48. The van der Waals surface area contributed by atoms with Crippen LogP contribution >= 0.6 is 11.8 Å². The lowest BCUT2D eigenvalue weighted by Gasteiger charge is -2.12. The van der Waals surface area contributed by atoms with Gasteiger partial charge >= 0.3 is 0 Å². The van der Waals surface area contributed by atoms with Gasteiger partial charge in [-0.25, -0.2) is 0 Å². The first-order valence-corrected chi connectivity index (χ1v) is 7.64. The van der Waals surface area contributed by atoms with Gasteiger partial charge in [-0.2, -0.15) is 0 Å². The summed E-state index contributed by atoms with van der Waals surface area (Å²) >= 11 is 1.66. The second kappa shape index (κ2) is 6.14. The summed E-state index contributed by atoms with van der Waals surface area (Å²) in [5, 5.41) is 0. The second-order valence-electron chi connectivity index (χ2n) is 4.65. The molecule has 0 aromatic heterocycles. The summed E-state index contributed by atoms with van der Waals surface area (Å²) in [7, 11) is 1.61. The Morgan fingerprint density at radius 2 is 1.70 bits per heavy atom. The summed E-state index contributed by atoms with van der Waals surface area (Å²) in [6.45, 7) is 3.99. The summed E-state index contributed by atoms with van der Waals surface area (Å²) < 4.78 is 5.42. The lowest BCUT2D eigenvalue weighted by Crippen LogP contribution is -2.06. The van der Waals surface area contributed by atoms with E-state index in [0.29, 0.717) is 16.9 Å². The number of carbonyl (C=O) groups excluding carboxylic acids is 1. The molecule has 20 heavy (non-hydrogen) atoms. The van der Waals surface area contributed by atoms with Gasteiger partial charge in [-0.15, -0.1) is 11.8 Å². The molecule has 0 atom stereocenters. The Bertz CT molecular complexity index is 630. The number of aryl methyl sites for hydroxylation is 1. The first kappa shape index (κ1) is 14.7. The molecule has 0 saturated carbocycles. The molecule has 0 amide bonds. The minimum atomic E-state index is -0.00222. The largest absolute Gasteiger partial charge is 0.496 e. The molecule has 0 fully saturated rings. The molecule has 104 valence electrons. The number of benzene rings is 2. The van der Waals surface area contributed by atoms with Gasteiger partial charge in [0.05, 0.1) is 12.7 Å². The highest BCUT2D eigenvalue weighted by atomic mass is 32.2. The number of carbonyl (C=O) groups is 1. The Morgan fingerprint density at radius 3 is 2.25 bits per heavy atom. The van der Waals surface area contributed by atoms with Crippen molar-refractivity contribution in [3.05, 3.63) is 58.7 Å². The van der Waals surface area contributed by atoms with Crippen molar-refractivity contribution in [3.63, 3.8) is 0 Å². The fourth-order valence-corrected chi connectivity index (χ4v) is 2.54. The van der Waals surface area contributed by atoms with Crippen LogP contribution in [0, 0.1) is 13.8 Å². The lowest BCUT2D eigenvalue weighted by molar-refractivity contribution is 0.103. The number of hydrogen-bond donors (Lipinski definition) is 0. The average Bonchev–Trinajstić information content (AvgIpc) is 2.49. The van der Waals surface area contributed by atoms with Gasteiger partial charge < -0.3 is 4.74 Å². The van der Waals surface area contributed by atoms with Crippen LogP contribution < -0.4 is 4.74 Å². The zero-order valence-electron chi connectivity index (χ0n) is 12.2. The molecule has 2 rings (SSSR count). The summed E-state index contributed by atoms with van der Waals surface area (Å²) in [5.74, 6) is 0.668. The van der Waals surface area contributed by atoms with E-state index in [0.717, 1.165) is 16.0 Å². The van der Waals surface area contributed by atoms with Crippen molar-refractivity contribution in [2.24, 2.45) is 0 Å². The van der Waals surface area contributed by atoms with Gasteiger partial charge in [-0.1, -0.05) is 6.07 Å². The van der Waals surface area contributed by atoms with Crippen LogP contribution in [0.5, 0.6) is 5.75 Å². The summed E-state index contributed by atoms with van der Waals surface area (Å²) in [6.07, 6.45) is 2.02. The summed E-state index contributed by atoms with van der Waals surface area (Å²) in [5.41, 5.74) is 3.44. The van der Waals surface area contributed by atoms with Crippen LogP contribution in [0.4, 0.5) is 0 Å². The van der Waals surface area contributed by atoms with E-state index in [1.807, 2.05) is 56.5 Å². The molecule has 0 heterocycles. The fourth-order valence-electron chi connectivity index (χ4n) is 2.13. The normalized spacial score (nSPS) is 10.4. The van der Waals surface area contributed by atoms with Gasteiger partial charge in [-0.3, -0.25) is 4.79 Å². The molecule has 2 nitrogen and oxygen atoms in total. The van der Waals surface area contributed by atoms with Gasteiger partial charge in [0.15, 0.2) is 5.78 Å². The predicted octanol–water partition coefficient (Wildman–Crippen LogP) is 4.26. The zero-order chi connectivity index (χ0) is 14.7. The van der Waals surface area contributed by atoms with E-state index in [9.17, 15) is 4.79 Å². The number of hydrogen-bond acceptors (Lipinski definition) is 3. The first-order valence-electron chi connectivity index (χ1n) is 6.41. The smallest absolute Gasteiger partial charge is 0.196 e. The topological polar surface area (TPSA) is 26.3 Å². The number of rotatable bonds is 4.